The standard InChI is InChI=1S/C40H68N2/c1-3-5-7-9-11-13-15-17-19-21-23-25-27-29-37-31-33-39(34-32-37)40-41-35-38(36-42-40)30-28-26-24-22-20-18-16-14-12-10-8-6-4-2/h31-36H,3-30H2,1-2H3. The molecule has 0 saturated heterocycles. The summed E-state index contributed by atoms with van der Waals surface area (Å²) < 4.78 is 0. The summed E-state index contributed by atoms with van der Waals surface area (Å²) >= 11 is 0. The number of aryl methyl sites for hydroxylation is 2. The molecule has 0 saturated carbocycles. The van der Waals surface area contributed by atoms with Crippen molar-refractivity contribution in [2.24, 2.45) is 0 Å². The van der Waals surface area contributed by atoms with Gasteiger partial charge in [-0.25, -0.2) is 9.97 Å². The predicted octanol–water partition coefficient (Wildman–Crippen LogP) is 13.4. The first kappa shape index (κ1) is 36.5. The van der Waals surface area contributed by atoms with E-state index < -0.39 is 0 Å². The van der Waals surface area contributed by atoms with Gasteiger partial charge in [-0.1, -0.05) is 192 Å². The SMILES string of the molecule is CCCCCCCCCCCCCCCc1ccc(-c2ncc(CCCCCCCCCCCCCCC)cn2)cc1. The average Bonchev–Trinajstić information content (AvgIpc) is 3.02. The van der Waals surface area contributed by atoms with Crippen LogP contribution in [0, 0.1) is 0 Å². The third-order valence-electron chi connectivity index (χ3n) is 9.06. The summed E-state index contributed by atoms with van der Waals surface area (Å²) in [5, 5.41) is 0. The zero-order valence-corrected chi connectivity index (χ0v) is 28.2. The highest BCUT2D eigenvalue weighted by Gasteiger charge is 2.03. The minimum atomic E-state index is 0.858. The summed E-state index contributed by atoms with van der Waals surface area (Å²) in [6.07, 6.45) is 43.0. The van der Waals surface area contributed by atoms with Gasteiger partial charge in [-0.3, -0.25) is 0 Å². The van der Waals surface area contributed by atoms with Gasteiger partial charge in [-0.05, 0) is 36.8 Å². The molecular weight excluding hydrogens is 508 g/mol. The van der Waals surface area contributed by atoms with E-state index in [1.165, 1.54) is 184 Å². The molecule has 1 heterocycles. The quantitative estimate of drug-likeness (QED) is 0.0900. The van der Waals surface area contributed by atoms with Gasteiger partial charge in [0.25, 0.3) is 0 Å². The van der Waals surface area contributed by atoms with Crippen LogP contribution >= 0.6 is 0 Å². The number of unbranched alkanes of at least 4 members (excludes halogenated alkanes) is 24. The first-order valence-electron chi connectivity index (χ1n) is 18.7. The summed E-state index contributed by atoms with van der Waals surface area (Å²) in [6.45, 7) is 4.59. The van der Waals surface area contributed by atoms with E-state index in [2.05, 4.69) is 48.1 Å². The van der Waals surface area contributed by atoms with E-state index in [1.54, 1.807) is 0 Å². The van der Waals surface area contributed by atoms with Crippen molar-refractivity contribution in [2.75, 3.05) is 0 Å². The molecule has 2 aromatic rings. The molecule has 0 bridgehead atoms. The highest BCUT2D eigenvalue weighted by Crippen LogP contribution is 2.19. The van der Waals surface area contributed by atoms with E-state index in [0.29, 0.717) is 0 Å². The fourth-order valence-electron chi connectivity index (χ4n) is 6.15. The van der Waals surface area contributed by atoms with Gasteiger partial charge in [0.05, 0.1) is 0 Å². The van der Waals surface area contributed by atoms with Gasteiger partial charge in [-0.2, -0.15) is 0 Å². The van der Waals surface area contributed by atoms with Gasteiger partial charge in [0.2, 0.25) is 0 Å². The minimum absolute atomic E-state index is 0.858. The minimum Gasteiger partial charge on any atom is -0.236 e. The number of hydrogen-bond donors (Lipinski definition) is 0. The number of hydrogen-bond acceptors (Lipinski definition) is 2. The summed E-state index contributed by atoms with van der Waals surface area (Å²) in [6, 6.07) is 8.97. The van der Waals surface area contributed by atoms with Gasteiger partial charge < -0.3 is 0 Å². The van der Waals surface area contributed by atoms with Crippen molar-refractivity contribution in [1.29, 1.82) is 0 Å². The molecule has 0 fully saturated rings. The molecule has 238 valence electrons. The van der Waals surface area contributed by atoms with E-state index in [0.717, 1.165) is 17.8 Å². The Labute approximate surface area is 262 Å². The largest absolute Gasteiger partial charge is 0.236 e. The van der Waals surface area contributed by atoms with E-state index >= 15 is 0 Å². The van der Waals surface area contributed by atoms with Crippen molar-refractivity contribution in [3.63, 3.8) is 0 Å². The average molecular weight is 577 g/mol. The van der Waals surface area contributed by atoms with Crippen LogP contribution in [0.1, 0.15) is 192 Å². The first-order valence-corrected chi connectivity index (χ1v) is 18.7. The van der Waals surface area contributed by atoms with Gasteiger partial charge in [0.15, 0.2) is 5.82 Å². The lowest BCUT2D eigenvalue weighted by Crippen LogP contribution is -1.94. The molecule has 0 aliphatic carbocycles. The van der Waals surface area contributed by atoms with Crippen molar-refractivity contribution in [2.45, 2.75) is 194 Å². The van der Waals surface area contributed by atoms with Crippen molar-refractivity contribution in [3.05, 3.63) is 47.8 Å². The van der Waals surface area contributed by atoms with Crippen LogP contribution < -0.4 is 0 Å². The highest BCUT2D eigenvalue weighted by atomic mass is 14.9. The Bertz CT molecular complexity index is 754. The van der Waals surface area contributed by atoms with Crippen LogP contribution in [0.5, 0.6) is 0 Å². The molecular formula is C40H68N2. The second-order valence-electron chi connectivity index (χ2n) is 13.1. The molecule has 0 aliphatic rings. The van der Waals surface area contributed by atoms with Crippen LogP contribution in [0.3, 0.4) is 0 Å². The fourth-order valence-corrected chi connectivity index (χ4v) is 6.15. The lowest BCUT2D eigenvalue weighted by molar-refractivity contribution is 0.539. The predicted molar refractivity (Wildman–Crippen MR) is 186 cm³/mol. The van der Waals surface area contributed by atoms with Crippen molar-refractivity contribution in [1.82, 2.24) is 9.97 Å². The second-order valence-corrected chi connectivity index (χ2v) is 13.1. The van der Waals surface area contributed by atoms with Gasteiger partial charge in [0, 0.05) is 18.0 Å². The summed E-state index contributed by atoms with van der Waals surface area (Å²) in [7, 11) is 0. The van der Waals surface area contributed by atoms with E-state index in [-0.39, 0.29) is 0 Å². The van der Waals surface area contributed by atoms with Crippen LogP contribution in [-0.4, -0.2) is 9.97 Å². The summed E-state index contributed by atoms with van der Waals surface area (Å²) in [4.78, 5) is 9.37. The van der Waals surface area contributed by atoms with Crippen LogP contribution in [0.4, 0.5) is 0 Å². The Morgan fingerprint density at radius 2 is 0.667 bits per heavy atom. The second kappa shape index (κ2) is 26.9. The molecule has 0 atom stereocenters. The van der Waals surface area contributed by atoms with Crippen LogP contribution in [0.15, 0.2) is 36.7 Å². The molecule has 1 aromatic carbocycles. The van der Waals surface area contributed by atoms with Crippen molar-refractivity contribution >= 4 is 0 Å². The molecule has 0 aliphatic heterocycles. The van der Waals surface area contributed by atoms with Crippen LogP contribution in [0.25, 0.3) is 11.4 Å². The Kier molecular flexibility index (Phi) is 23.4. The molecule has 0 N–H and O–H groups in total. The smallest absolute Gasteiger partial charge is 0.159 e. The lowest BCUT2D eigenvalue weighted by Gasteiger charge is -2.06. The van der Waals surface area contributed by atoms with Crippen LogP contribution in [-0.2, 0) is 12.8 Å². The van der Waals surface area contributed by atoms with Gasteiger partial charge in [0.1, 0.15) is 0 Å². The van der Waals surface area contributed by atoms with E-state index in [9.17, 15) is 0 Å². The maximum atomic E-state index is 4.69. The molecule has 2 rings (SSSR count). The third-order valence-corrected chi connectivity index (χ3v) is 9.06. The Morgan fingerprint density at radius 3 is 1.02 bits per heavy atom. The molecule has 2 nitrogen and oxygen atoms in total. The summed E-state index contributed by atoms with van der Waals surface area (Å²) in [5.41, 5.74) is 3.86. The lowest BCUT2D eigenvalue weighted by atomic mass is 10.0. The maximum absolute atomic E-state index is 4.69. The number of aromatic nitrogens is 2. The van der Waals surface area contributed by atoms with E-state index in [4.69, 9.17) is 0 Å². The Balaban J connectivity index is 1.45. The topological polar surface area (TPSA) is 25.8 Å². The zero-order chi connectivity index (χ0) is 29.8. The van der Waals surface area contributed by atoms with Crippen molar-refractivity contribution in [3.8, 4) is 11.4 Å². The van der Waals surface area contributed by atoms with E-state index in [1.807, 2.05) is 12.4 Å². The molecule has 0 unspecified atom stereocenters. The van der Waals surface area contributed by atoms with Crippen LogP contribution in [0.2, 0.25) is 0 Å². The maximum Gasteiger partial charge on any atom is 0.159 e. The van der Waals surface area contributed by atoms with Crippen molar-refractivity contribution < 1.29 is 0 Å². The monoisotopic (exact) mass is 577 g/mol. The normalized spacial score (nSPS) is 11.4. The molecule has 42 heavy (non-hydrogen) atoms. The molecule has 0 amide bonds. The number of benzene rings is 1. The van der Waals surface area contributed by atoms with Gasteiger partial charge >= 0.3 is 0 Å². The molecule has 1 aromatic heterocycles. The zero-order valence-electron chi connectivity index (χ0n) is 28.2. The Morgan fingerprint density at radius 1 is 0.357 bits per heavy atom. The molecule has 0 radical (unpaired) electrons. The highest BCUT2D eigenvalue weighted by molar-refractivity contribution is 5.55. The summed E-state index contributed by atoms with van der Waals surface area (Å²) in [5.74, 6) is 0.858. The fraction of sp³-hybridized carbons (Fsp3) is 0.750. The first-order chi connectivity index (χ1) is 20.8. The number of rotatable bonds is 29. The molecule has 0 spiro atoms. The van der Waals surface area contributed by atoms with Gasteiger partial charge in [-0.15, -0.1) is 0 Å². The molecule has 2 heteroatoms. The Hall–Kier alpha value is -1.70. The number of nitrogens with zero attached hydrogens (tertiary/aromatic N) is 2. The third kappa shape index (κ3) is 19.5.